The first-order valence-corrected chi connectivity index (χ1v) is 10.5. The van der Waals surface area contributed by atoms with Crippen LogP contribution in [0.3, 0.4) is 0 Å². The predicted octanol–water partition coefficient (Wildman–Crippen LogP) is 3.68. The summed E-state index contributed by atoms with van der Waals surface area (Å²) in [5, 5.41) is 3.36. The summed E-state index contributed by atoms with van der Waals surface area (Å²) in [5.41, 5.74) is 2.61. The van der Waals surface area contributed by atoms with E-state index in [-0.39, 0.29) is 4.90 Å². The fraction of sp³-hybridized carbons (Fsp3) is 0.278. The third-order valence-electron chi connectivity index (χ3n) is 4.19. The van der Waals surface area contributed by atoms with Gasteiger partial charge in [-0.1, -0.05) is 15.9 Å². The van der Waals surface area contributed by atoms with Gasteiger partial charge in [0.1, 0.15) is 5.82 Å². The zero-order valence-corrected chi connectivity index (χ0v) is 17.3. The summed E-state index contributed by atoms with van der Waals surface area (Å²) in [6, 6.07) is 13.0. The van der Waals surface area contributed by atoms with Gasteiger partial charge in [-0.3, -0.25) is 0 Å². The van der Waals surface area contributed by atoms with E-state index >= 15 is 0 Å². The normalized spacial score (nSPS) is 12.0. The summed E-state index contributed by atoms with van der Waals surface area (Å²) in [6.45, 7) is 3.36. The molecule has 6 nitrogen and oxygen atoms in total. The lowest BCUT2D eigenvalue weighted by Gasteiger charge is -2.11. The Kier molecular flexibility index (Phi) is 5.36. The Morgan fingerprint density at radius 3 is 2.46 bits per heavy atom. The summed E-state index contributed by atoms with van der Waals surface area (Å²) >= 11 is 3.42. The van der Waals surface area contributed by atoms with Crippen LogP contribution >= 0.6 is 15.9 Å². The summed E-state index contributed by atoms with van der Waals surface area (Å²) in [6.07, 6.45) is 0. The second-order valence-electron chi connectivity index (χ2n) is 6.07. The molecule has 1 aromatic heterocycles. The molecule has 8 heteroatoms. The quantitative estimate of drug-likeness (QED) is 0.639. The number of fused-ring (bicyclic) bond motifs is 1. The highest BCUT2D eigenvalue weighted by molar-refractivity contribution is 9.10. The van der Waals surface area contributed by atoms with E-state index in [9.17, 15) is 8.42 Å². The van der Waals surface area contributed by atoms with Crippen LogP contribution in [-0.2, 0) is 23.1 Å². The Bertz CT molecular complexity index is 1030. The zero-order chi connectivity index (χ0) is 18.9. The molecule has 0 aliphatic carbocycles. The lowest BCUT2D eigenvalue weighted by Crippen LogP contribution is -2.22. The molecule has 0 amide bonds. The highest BCUT2D eigenvalue weighted by Gasteiger charge is 2.19. The van der Waals surface area contributed by atoms with Crippen LogP contribution in [0.15, 0.2) is 51.8 Å². The van der Waals surface area contributed by atoms with E-state index in [1.54, 1.807) is 12.1 Å². The number of anilines is 1. The minimum absolute atomic E-state index is 0.253. The SMILES string of the molecule is CCn1c(CNc2ccc(Br)cc2)nc2cc(S(=O)(=O)N(C)C)ccc21. The maximum absolute atomic E-state index is 12.4. The number of rotatable bonds is 6. The van der Waals surface area contributed by atoms with Crippen LogP contribution in [0, 0.1) is 0 Å². The molecule has 138 valence electrons. The number of nitrogens with zero attached hydrogens (tertiary/aromatic N) is 3. The Morgan fingerprint density at radius 2 is 1.85 bits per heavy atom. The highest BCUT2D eigenvalue weighted by Crippen LogP contribution is 2.23. The van der Waals surface area contributed by atoms with Crippen LogP contribution < -0.4 is 5.32 Å². The molecule has 0 bridgehead atoms. The lowest BCUT2D eigenvalue weighted by molar-refractivity contribution is 0.521. The number of imidazole rings is 1. The van der Waals surface area contributed by atoms with Crippen molar-refractivity contribution in [2.45, 2.75) is 24.9 Å². The minimum atomic E-state index is -3.47. The molecule has 1 heterocycles. The minimum Gasteiger partial charge on any atom is -0.378 e. The number of hydrogen-bond acceptors (Lipinski definition) is 4. The third-order valence-corrected chi connectivity index (χ3v) is 6.53. The Labute approximate surface area is 162 Å². The maximum atomic E-state index is 12.4. The Hall–Kier alpha value is -1.90. The standard InChI is InChI=1S/C18H21BrN4O2S/c1-4-23-17-10-9-15(26(24,25)22(2)3)11-16(17)21-18(23)12-20-14-7-5-13(19)6-8-14/h5-11,20H,4,12H2,1-3H3. The van der Waals surface area contributed by atoms with Gasteiger partial charge in [0, 0.05) is 30.8 Å². The summed E-state index contributed by atoms with van der Waals surface area (Å²) in [7, 11) is -0.423. The summed E-state index contributed by atoms with van der Waals surface area (Å²) < 4.78 is 29.0. The molecule has 2 aromatic carbocycles. The molecule has 0 aliphatic rings. The van der Waals surface area contributed by atoms with E-state index in [1.807, 2.05) is 30.3 Å². The molecule has 0 spiro atoms. The van der Waals surface area contributed by atoms with Crippen LogP contribution in [0.5, 0.6) is 0 Å². The maximum Gasteiger partial charge on any atom is 0.242 e. The molecule has 3 rings (SSSR count). The molecule has 0 saturated heterocycles. The van der Waals surface area contributed by atoms with Gasteiger partial charge in [0.2, 0.25) is 10.0 Å². The van der Waals surface area contributed by atoms with Gasteiger partial charge in [0.25, 0.3) is 0 Å². The fourth-order valence-corrected chi connectivity index (χ4v) is 3.95. The first-order chi connectivity index (χ1) is 12.3. The Morgan fingerprint density at radius 1 is 1.15 bits per heavy atom. The van der Waals surface area contributed by atoms with E-state index in [4.69, 9.17) is 0 Å². The van der Waals surface area contributed by atoms with Crippen LogP contribution in [0.1, 0.15) is 12.7 Å². The average Bonchev–Trinajstić information content (AvgIpc) is 2.97. The van der Waals surface area contributed by atoms with Crippen molar-refractivity contribution in [2.75, 3.05) is 19.4 Å². The monoisotopic (exact) mass is 436 g/mol. The summed E-state index contributed by atoms with van der Waals surface area (Å²) in [5.74, 6) is 0.866. The molecular weight excluding hydrogens is 416 g/mol. The van der Waals surface area contributed by atoms with Crippen molar-refractivity contribution in [1.82, 2.24) is 13.9 Å². The average molecular weight is 437 g/mol. The molecule has 0 saturated carbocycles. The second-order valence-corrected chi connectivity index (χ2v) is 9.14. The van der Waals surface area contributed by atoms with Gasteiger partial charge in [-0.05, 0) is 49.4 Å². The van der Waals surface area contributed by atoms with Gasteiger partial charge in [0.15, 0.2) is 0 Å². The molecule has 0 atom stereocenters. The van der Waals surface area contributed by atoms with Gasteiger partial charge in [0.05, 0.1) is 22.5 Å². The molecule has 0 aliphatic heterocycles. The first kappa shape index (κ1) is 18.9. The molecule has 0 radical (unpaired) electrons. The zero-order valence-electron chi connectivity index (χ0n) is 14.9. The van der Waals surface area contributed by atoms with Crippen molar-refractivity contribution in [1.29, 1.82) is 0 Å². The van der Waals surface area contributed by atoms with E-state index in [2.05, 4.69) is 37.7 Å². The number of nitrogens with one attached hydrogen (secondary N) is 1. The number of halogens is 1. The molecule has 26 heavy (non-hydrogen) atoms. The fourth-order valence-electron chi connectivity index (χ4n) is 2.77. The number of hydrogen-bond donors (Lipinski definition) is 1. The largest absolute Gasteiger partial charge is 0.378 e. The van der Waals surface area contributed by atoms with Gasteiger partial charge in [-0.15, -0.1) is 0 Å². The van der Waals surface area contributed by atoms with Gasteiger partial charge in [-0.2, -0.15) is 0 Å². The van der Waals surface area contributed by atoms with E-state index in [0.717, 1.165) is 28.0 Å². The molecule has 0 unspecified atom stereocenters. The predicted molar refractivity (Wildman–Crippen MR) is 108 cm³/mol. The molecule has 0 fully saturated rings. The van der Waals surface area contributed by atoms with Crippen molar-refractivity contribution in [3.8, 4) is 0 Å². The number of aryl methyl sites for hydroxylation is 1. The van der Waals surface area contributed by atoms with Crippen molar-refractivity contribution in [3.63, 3.8) is 0 Å². The number of aromatic nitrogens is 2. The second kappa shape index (κ2) is 7.38. The third kappa shape index (κ3) is 3.62. The van der Waals surface area contributed by atoms with Crippen molar-refractivity contribution in [2.24, 2.45) is 0 Å². The van der Waals surface area contributed by atoms with Gasteiger partial charge >= 0.3 is 0 Å². The molecule has 1 N–H and O–H groups in total. The number of sulfonamides is 1. The van der Waals surface area contributed by atoms with E-state index in [0.29, 0.717) is 12.1 Å². The van der Waals surface area contributed by atoms with E-state index in [1.165, 1.54) is 18.4 Å². The Balaban J connectivity index is 1.94. The van der Waals surface area contributed by atoms with Crippen molar-refractivity contribution in [3.05, 3.63) is 52.8 Å². The van der Waals surface area contributed by atoms with Crippen molar-refractivity contribution >= 4 is 42.7 Å². The van der Waals surface area contributed by atoms with Gasteiger partial charge in [-0.25, -0.2) is 17.7 Å². The number of benzene rings is 2. The van der Waals surface area contributed by atoms with E-state index < -0.39 is 10.0 Å². The highest BCUT2D eigenvalue weighted by atomic mass is 79.9. The van der Waals surface area contributed by atoms with Crippen LogP contribution in [0.25, 0.3) is 11.0 Å². The summed E-state index contributed by atoms with van der Waals surface area (Å²) in [4.78, 5) is 4.91. The topological polar surface area (TPSA) is 67.2 Å². The van der Waals surface area contributed by atoms with Crippen LogP contribution in [-0.4, -0.2) is 36.4 Å². The first-order valence-electron chi connectivity index (χ1n) is 8.24. The van der Waals surface area contributed by atoms with Gasteiger partial charge < -0.3 is 9.88 Å². The molecule has 3 aromatic rings. The van der Waals surface area contributed by atoms with Crippen LogP contribution in [0.2, 0.25) is 0 Å². The lowest BCUT2D eigenvalue weighted by atomic mass is 10.3. The van der Waals surface area contributed by atoms with Crippen molar-refractivity contribution < 1.29 is 8.42 Å². The molecular formula is C18H21BrN4O2S. The smallest absolute Gasteiger partial charge is 0.242 e. The van der Waals surface area contributed by atoms with Crippen LogP contribution in [0.4, 0.5) is 5.69 Å².